The molecule has 0 N–H and O–H groups in total. The minimum atomic E-state index is -0.223. The molecule has 4 heterocycles. The Labute approximate surface area is 447 Å². The summed E-state index contributed by atoms with van der Waals surface area (Å²) in [5.41, 5.74) is 25.8. The number of para-hydroxylation sites is 1. The highest BCUT2D eigenvalue weighted by Crippen LogP contribution is 2.72. The second kappa shape index (κ2) is 15.8. The molecule has 2 aliphatic carbocycles. The van der Waals surface area contributed by atoms with Gasteiger partial charge in [-0.25, -0.2) is 0 Å². The van der Waals surface area contributed by atoms with Gasteiger partial charge in [-0.1, -0.05) is 183 Å². The second-order valence-electron chi connectivity index (χ2n) is 26.6. The van der Waals surface area contributed by atoms with Crippen LogP contribution in [-0.4, -0.2) is 11.1 Å². The Kier molecular flexibility index (Phi) is 9.85. The molecular weight excluding hydrogens is 907 g/mol. The molecule has 8 aromatic carbocycles. The van der Waals surface area contributed by atoms with Crippen LogP contribution in [0.25, 0.3) is 21.9 Å². The smallest absolute Gasteiger partial charge is 0.0561 e. The molecule has 0 spiro atoms. The molecule has 5 atom stereocenters. The molecule has 5 unspecified atom stereocenters. The number of anilines is 7. The highest BCUT2D eigenvalue weighted by atomic mass is 15.3. The van der Waals surface area contributed by atoms with Gasteiger partial charge in [-0.2, -0.15) is 0 Å². The van der Waals surface area contributed by atoms with E-state index in [2.05, 4.69) is 243 Å². The normalized spacial score (nSPS) is 25.1. The first-order chi connectivity index (χ1) is 35.9. The summed E-state index contributed by atoms with van der Waals surface area (Å²) in [6.45, 7) is 27.1. The Morgan fingerprint density at radius 3 is 1.88 bits per heavy atom. The van der Waals surface area contributed by atoms with Crippen molar-refractivity contribution in [1.82, 2.24) is 0 Å². The summed E-state index contributed by atoms with van der Waals surface area (Å²) >= 11 is 0. The zero-order valence-electron chi connectivity index (χ0n) is 46.5. The fourth-order valence-electron chi connectivity index (χ4n) is 16.8. The molecule has 4 aliphatic heterocycles. The summed E-state index contributed by atoms with van der Waals surface area (Å²) in [6.07, 6.45) is 9.53. The number of hydrogen-bond donors (Lipinski definition) is 0. The molecule has 8 aromatic rings. The van der Waals surface area contributed by atoms with E-state index in [0.717, 1.165) is 19.3 Å². The average Bonchev–Trinajstić information content (AvgIpc) is 3.92. The van der Waals surface area contributed by atoms with Gasteiger partial charge in [-0.15, -0.1) is 0 Å². The Bertz CT molecular complexity index is 3700. The van der Waals surface area contributed by atoms with Crippen LogP contribution in [0.2, 0.25) is 0 Å². The molecule has 2 fully saturated rings. The van der Waals surface area contributed by atoms with E-state index in [0.29, 0.717) is 0 Å². The number of benzene rings is 8. The highest BCUT2D eigenvalue weighted by Gasteiger charge is 2.64. The maximum atomic E-state index is 2.98. The van der Waals surface area contributed by atoms with Crippen molar-refractivity contribution in [3.63, 3.8) is 0 Å². The first kappa shape index (κ1) is 46.9. The van der Waals surface area contributed by atoms with Crippen LogP contribution in [0.5, 0.6) is 0 Å². The molecule has 3 heteroatoms. The van der Waals surface area contributed by atoms with E-state index < -0.39 is 0 Å². The van der Waals surface area contributed by atoms with Gasteiger partial charge < -0.3 is 14.7 Å². The predicted molar refractivity (Wildman–Crippen MR) is 317 cm³/mol. The lowest BCUT2D eigenvalue weighted by atomic mass is 9.57. The third-order valence-corrected chi connectivity index (χ3v) is 20.6. The molecule has 0 saturated heterocycles. The van der Waals surface area contributed by atoms with E-state index in [-0.39, 0.29) is 38.7 Å². The third kappa shape index (κ3) is 6.16. The molecule has 6 aliphatic rings. The molecule has 0 aromatic heterocycles. The lowest BCUT2D eigenvalue weighted by molar-refractivity contribution is 0.194. The zero-order chi connectivity index (χ0) is 51.8. The van der Waals surface area contributed by atoms with Crippen LogP contribution in [0.3, 0.4) is 0 Å². The summed E-state index contributed by atoms with van der Waals surface area (Å²) in [5, 5.41) is 2.53. The van der Waals surface area contributed by atoms with Crippen molar-refractivity contribution < 1.29 is 0 Å². The van der Waals surface area contributed by atoms with Gasteiger partial charge in [-0.05, 0) is 173 Å². The van der Waals surface area contributed by atoms with E-state index in [9.17, 15) is 0 Å². The fraction of sp³-hybridized carbons (Fsp3) is 0.361. The van der Waals surface area contributed by atoms with Gasteiger partial charge in [0.15, 0.2) is 0 Å². The Hall–Kier alpha value is -6.58. The molecular formula is C72H75N3. The van der Waals surface area contributed by atoms with E-state index in [1.807, 2.05) is 0 Å². The standard InChI is InChI=1S/C72H75N3/c1-45-39-46(2)65-66-62(45)63-55-42-52(68(6,7)8)32-34-58(55)73(57-33-31-51(67(3,4)5)41-54(57)49-30-29-47-23-15-16-24-48(47)40-49)60-43-53(44-61(64(60)63)75(66)70(10)36-20-19-35-69(65,70)9)74-59-28-18-17-27-56(59)72(50-25-13-12-14-26-50)38-22-21-37-71(72,74)11/h12-18,23-34,39-44,63H,19-22,35-38H2,1-11H3. The van der Waals surface area contributed by atoms with Crippen LogP contribution in [0.1, 0.15) is 175 Å². The molecule has 0 radical (unpaired) electrons. The predicted octanol–water partition coefficient (Wildman–Crippen LogP) is 19.5. The van der Waals surface area contributed by atoms with Crippen molar-refractivity contribution in [2.75, 3.05) is 14.7 Å². The summed E-state index contributed by atoms with van der Waals surface area (Å²) in [6, 6.07) is 60.2. The maximum absolute atomic E-state index is 2.98. The number of aryl methyl sites for hydroxylation is 2. The van der Waals surface area contributed by atoms with E-state index in [4.69, 9.17) is 0 Å². The van der Waals surface area contributed by atoms with E-state index in [1.165, 1.54) is 144 Å². The van der Waals surface area contributed by atoms with Gasteiger partial charge in [0.2, 0.25) is 0 Å². The fourth-order valence-corrected chi connectivity index (χ4v) is 16.8. The monoisotopic (exact) mass is 982 g/mol. The van der Waals surface area contributed by atoms with Gasteiger partial charge in [0.25, 0.3) is 0 Å². The van der Waals surface area contributed by atoms with Gasteiger partial charge in [0.1, 0.15) is 0 Å². The topological polar surface area (TPSA) is 9.72 Å². The number of fused-ring (bicyclic) bond motifs is 11. The molecule has 3 nitrogen and oxygen atoms in total. The van der Waals surface area contributed by atoms with Crippen LogP contribution < -0.4 is 14.7 Å². The summed E-state index contributed by atoms with van der Waals surface area (Å²) in [7, 11) is 0. The number of rotatable bonds is 4. The van der Waals surface area contributed by atoms with Crippen LogP contribution in [0, 0.1) is 13.8 Å². The SMILES string of the molecule is Cc1cc(C)c2c3c1C1c4cc(C(C)(C)C)ccc4N(c4ccc(C(C)(C)C)cc4-c4ccc5ccccc5c4)c4cc(N5c6ccccc6C6(c7ccccc7)CCCCC56C)cc(c41)N3C1(C)CCCCC21C. The zero-order valence-corrected chi connectivity index (χ0v) is 46.5. The van der Waals surface area contributed by atoms with Crippen LogP contribution in [0.4, 0.5) is 39.8 Å². The minimum absolute atomic E-state index is 0.0105. The first-order valence-corrected chi connectivity index (χ1v) is 28.6. The largest absolute Gasteiger partial charge is 0.334 e. The molecule has 75 heavy (non-hydrogen) atoms. The third-order valence-electron chi connectivity index (χ3n) is 20.6. The highest BCUT2D eigenvalue weighted by molar-refractivity contribution is 6.02. The van der Waals surface area contributed by atoms with Crippen molar-refractivity contribution in [2.24, 2.45) is 0 Å². The second-order valence-corrected chi connectivity index (χ2v) is 26.6. The molecule has 0 bridgehead atoms. The van der Waals surface area contributed by atoms with Crippen LogP contribution in [-0.2, 0) is 21.7 Å². The van der Waals surface area contributed by atoms with Gasteiger partial charge in [-0.3, -0.25) is 0 Å². The number of hydrogen-bond acceptors (Lipinski definition) is 3. The molecule has 0 amide bonds. The van der Waals surface area contributed by atoms with Crippen molar-refractivity contribution in [2.45, 2.75) is 166 Å². The summed E-state index contributed by atoms with van der Waals surface area (Å²) in [4.78, 5) is 8.61. The van der Waals surface area contributed by atoms with Crippen molar-refractivity contribution in [3.8, 4) is 11.1 Å². The van der Waals surface area contributed by atoms with Crippen LogP contribution in [0.15, 0.2) is 152 Å². The quantitative estimate of drug-likeness (QED) is 0.174. The van der Waals surface area contributed by atoms with Gasteiger partial charge in [0, 0.05) is 39.2 Å². The lowest BCUT2D eigenvalue weighted by Gasteiger charge is -2.54. The molecule has 14 rings (SSSR count). The van der Waals surface area contributed by atoms with E-state index in [1.54, 1.807) is 5.56 Å². The first-order valence-electron chi connectivity index (χ1n) is 28.6. The van der Waals surface area contributed by atoms with Gasteiger partial charge in [0.05, 0.1) is 39.5 Å². The van der Waals surface area contributed by atoms with Crippen LogP contribution >= 0.6 is 0 Å². The Morgan fingerprint density at radius 1 is 0.480 bits per heavy atom. The maximum Gasteiger partial charge on any atom is 0.0561 e. The molecule has 378 valence electrons. The number of nitrogens with zero attached hydrogens (tertiary/aromatic N) is 3. The minimum Gasteiger partial charge on any atom is -0.334 e. The Balaban J connectivity index is 1.14. The summed E-state index contributed by atoms with van der Waals surface area (Å²) < 4.78 is 0. The summed E-state index contributed by atoms with van der Waals surface area (Å²) in [5.74, 6) is 0.0491. The average molecular weight is 982 g/mol. The van der Waals surface area contributed by atoms with Crippen molar-refractivity contribution in [3.05, 3.63) is 207 Å². The van der Waals surface area contributed by atoms with E-state index >= 15 is 0 Å². The molecule has 2 saturated carbocycles. The Morgan fingerprint density at radius 2 is 1.12 bits per heavy atom. The van der Waals surface area contributed by atoms with Crippen molar-refractivity contribution >= 4 is 50.6 Å². The lowest BCUT2D eigenvalue weighted by Crippen LogP contribution is -2.57. The van der Waals surface area contributed by atoms with Crippen molar-refractivity contribution in [1.29, 1.82) is 0 Å². The van der Waals surface area contributed by atoms with Gasteiger partial charge >= 0.3 is 0 Å².